The molecule has 20 heavy (non-hydrogen) atoms. The Labute approximate surface area is 117 Å². The van der Waals surface area contributed by atoms with Crippen molar-refractivity contribution >= 4 is 11.9 Å². The molecule has 1 atom stereocenters. The minimum Gasteiger partial charge on any atom is -0.475 e. The molecule has 1 amide bonds. The van der Waals surface area contributed by atoms with Gasteiger partial charge in [-0.25, -0.2) is 4.79 Å². The molecule has 0 radical (unpaired) electrons. The molecular formula is C14H20N2O4. The zero-order valence-electron chi connectivity index (χ0n) is 11.8. The summed E-state index contributed by atoms with van der Waals surface area (Å²) in [5, 5.41) is 12.0. The summed E-state index contributed by atoms with van der Waals surface area (Å²) in [6.45, 7) is 5.50. The summed E-state index contributed by atoms with van der Waals surface area (Å²) >= 11 is 0. The van der Waals surface area contributed by atoms with Gasteiger partial charge in [0.25, 0.3) is 0 Å². The molecule has 2 rings (SSSR count). The minimum atomic E-state index is -1.07. The topological polar surface area (TPSA) is 82.8 Å². The molecule has 0 aliphatic carbocycles. The van der Waals surface area contributed by atoms with Crippen molar-refractivity contribution in [1.29, 1.82) is 0 Å². The van der Waals surface area contributed by atoms with E-state index in [1.165, 1.54) is 0 Å². The zero-order valence-corrected chi connectivity index (χ0v) is 11.8. The van der Waals surface area contributed by atoms with Gasteiger partial charge in [0.05, 0.1) is 12.6 Å². The molecule has 1 aliphatic heterocycles. The number of rotatable bonds is 5. The SMILES string of the molecule is Cc1cc(CNC(C)C(=O)N2CCCC2)oc1C(=O)O. The van der Waals surface area contributed by atoms with E-state index in [1.54, 1.807) is 13.0 Å². The highest BCUT2D eigenvalue weighted by Crippen LogP contribution is 2.15. The van der Waals surface area contributed by atoms with Crippen LogP contribution in [0.3, 0.4) is 0 Å². The standard InChI is InChI=1S/C14H20N2O4/c1-9-7-11(20-12(9)14(18)19)8-15-10(2)13(17)16-5-3-4-6-16/h7,10,15H,3-6,8H2,1-2H3,(H,18,19). The fourth-order valence-corrected chi connectivity index (χ4v) is 2.40. The largest absolute Gasteiger partial charge is 0.475 e. The highest BCUT2D eigenvalue weighted by atomic mass is 16.4. The van der Waals surface area contributed by atoms with Gasteiger partial charge in [0.15, 0.2) is 0 Å². The third-order valence-corrected chi connectivity index (χ3v) is 3.53. The van der Waals surface area contributed by atoms with Gasteiger partial charge in [-0.2, -0.15) is 0 Å². The first-order valence-electron chi connectivity index (χ1n) is 6.84. The average Bonchev–Trinajstić information content (AvgIpc) is 3.04. The number of carboxylic acids is 1. The van der Waals surface area contributed by atoms with Crippen LogP contribution >= 0.6 is 0 Å². The predicted octanol–water partition coefficient (Wildman–Crippen LogP) is 1.39. The summed E-state index contributed by atoms with van der Waals surface area (Å²) in [6.07, 6.45) is 2.13. The van der Waals surface area contributed by atoms with Crippen molar-refractivity contribution < 1.29 is 19.1 Å². The monoisotopic (exact) mass is 280 g/mol. The van der Waals surface area contributed by atoms with Gasteiger partial charge in [0, 0.05) is 18.7 Å². The van der Waals surface area contributed by atoms with Crippen molar-refractivity contribution in [2.75, 3.05) is 13.1 Å². The number of likely N-dealkylation sites (tertiary alicyclic amines) is 1. The molecule has 2 N–H and O–H groups in total. The summed E-state index contributed by atoms with van der Waals surface area (Å²) in [6, 6.07) is 1.38. The van der Waals surface area contributed by atoms with Gasteiger partial charge in [0.2, 0.25) is 11.7 Å². The lowest BCUT2D eigenvalue weighted by molar-refractivity contribution is -0.132. The van der Waals surface area contributed by atoms with E-state index in [-0.39, 0.29) is 17.7 Å². The Morgan fingerprint density at radius 2 is 2.10 bits per heavy atom. The molecule has 0 bridgehead atoms. The lowest BCUT2D eigenvalue weighted by Gasteiger charge is -2.20. The van der Waals surface area contributed by atoms with Crippen LogP contribution < -0.4 is 5.32 Å². The van der Waals surface area contributed by atoms with Crippen molar-refractivity contribution in [1.82, 2.24) is 10.2 Å². The normalized spacial score (nSPS) is 16.4. The number of carbonyl (C=O) groups excluding carboxylic acids is 1. The van der Waals surface area contributed by atoms with E-state index in [0.29, 0.717) is 17.9 Å². The van der Waals surface area contributed by atoms with Crippen molar-refractivity contribution in [2.24, 2.45) is 0 Å². The van der Waals surface area contributed by atoms with Crippen LogP contribution in [0.4, 0.5) is 0 Å². The Morgan fingerprint density at radius 3 is 2.65 bits per heavy atom. The van der Waals surface area contributed by atoms with E-state index in [9.17, 15) is 9.59 Å². The van der Waals surface area contributed by atoms with Crippen LogP contribution in [0, 0.1) is 6.92 Å². The number of aromatic carboxylic acids is 1. The number of carboxylic acid groups (broad SMARTS) is 1. The van der Waals surface area contributed by atoms with Crippen molar-refractivity contribution in [3.8, 4) is 0 Å². The van der Waals surface area contributed by atoms with Crippen LogP contribution in [0.15, 0.2) is 10.5 Å². The maximum atomic E-state index is 12.1. The Balaban J connectivity index is 1.89. The van der Waals surface area contributed by atoms with E-state index in [2.05, 4.69) is 5.32 Å². The first-order valence-corrected chi connectivity index (χ1v) is 6.84. The molecule has 1 aromatic rings. The van der Waals surface area contributed by atoms with Gasteiger partial charge >= 0.3 is 5.97 Å². The number of hydrogen-bond donors (Lipinski definition) is 2. The lowest BCUT2D eigenvalue weighted by atomic mass is 10.2. The highest BCUT2D eigenvalue weighted by Gasteiger charge is 2.23. The molecule has 6 nitrogen and oxygen atoms in total. The number of hydrogen-bond acceptors (Lipinski definition) is 4. The minimum absolute atomic E-state index is 0.0414. The third kappa shape index (κ3) is 3.19. The fourth-order valence-electron chi connectivity index (χ4n) is 2.40. The maximum Gasteiger partial charge on any atom is 0.372 e. The maximum absolute atomic E-state index is 12.1. The van der Waals surface area contributed by atoms with Gasteiger partial charge in [-0.05, 0) is 32.8 Å². The van der Waals surface area contributed by atoms with E-state index in [4.69, 9.17) is 9.52 Å². The van der Waals surface area contributed by atoms with Gasteiger partial charge in [-0.3, -0.25) is 10.1 Å². The first-order chi connectivity index (χ1) is 9.49. The summed E-state index contributed by atoms with van der Waals surface area (Å²) in [7, 11) is 0. The molecule has 1 fully saturated rings. The summed E-state index contributed by atoms with van der Waals surface area (Å²) in [4.78, 5) is 24.8. The summed E-state index contributed by atoms with van der Waals surface area (Å²) in [5.41, 5.74) is 0.591. The van der Waals surface area contributed by atoms with Crippen molar-refractivity contribution in [2.45, 2.75) is 39.3 Å². The predicted molar refractivity (Wildman–Crippen MR) is 72.5 cm³/mol. The number of nitrogens with one attached hydrogen (secondary N) is 1. The highest BCUT2D eigenvalue weighted by molar-refractivity contribution is 5.86. The van der Waals surface area contributed by atoms with Crippen LogP contribution in [0.2, 0.25) is 0 Å². The van der Waals surface area contributed by atoms with E-state index in [0.717, 1.165) is 25.9 Å². The number of carbonyl (C=O) groups is 2. The molecule has 2 heterocycles. The Morgan fingerprint density at radius 1 is 1.45 bits per heavy atom. The van der Waals surface area contributed by atoms with E-state index < -0.39 is 5.97 Å². The second-order valence-corrected chi connectivity index (χ2v) is 5.16. The molecule has 110 valence electrons. The molecule has 1 aliphatic rings. The second kappa shape index (κ2) is 6.09. The Bertz CT molecular complexity index is 503. The lowest BCUT2D eigenvalue weighted by Crippen LogP contribution is -2.43. The number of furan rings is 1. The molecule has 6 heteroatoms. The van der Waals surface area contributed by atoms with Gasteiger partial charge < -0.3 is 14.4 Å². The molecular weight excluding hydrogens is 260 g/mol. The molecule has 0 aromatic carbocycles. The third-order valence-electron chi connectivity index (χ3n) is 3.53. The number of amides is 1. The smallest absolute Gasteiger partial charge is 0.372 e. The summed E-state index contributed by atoms with van der Waals surface area (Å²) < 4.78 is 5.24. The van der Waals surface area contributed by atoms with E-state index >= 15 is 0 Å². The van der Waals surface area contributed by atoms with Gasteiger partial charge in [-0.15, -0.1) is 0 Å². The average molecular weight is 280 g/mol. The van der Waals surface area contributed by atoms with Gasteiger partial charge in [-0.1, -0.05) is 0 Å². The quantitative estimate of drug-likeness (QED) is 0.851. The van der Waals surface area contributed by atoms with Crippen LogP contribution in [-0.2, 0) is 11.3 Å². The Hall–Kier alpha value is -1.82. The van der Waals surface area contributed by atoms with Crippen LogP contribution in [0.25, 0.3) is 0 Å². The molecule has 1 unspecified atom stereocenters. The fraction of sp³-hybridized carbons (Fsp3) is 0.571. The molecule has 1 saturated heterocycles. The zero-order chi connectivity index (χ0) is 14.7. The first kappa shape index (κ1) is 14.6. The Kier molecular flexibility index (Phi) is 4.44. The molecule has 0 spiro atoms. The van der Waals surface area contributed by atoms with Crippen LogP contribution in [0.1, 0.15) is 41.6 Å². The summed E-state index contributed by atoms with van der Waals surface area (Å²) in [5.74, 6) is -0.500. The second-order valence-electron chi connectivity index (χ2n) is 5.16. The van der Waals surface area contributed by atoms with Crippen molar-refractivity contribution in [3.05, 3.63) is 23.2 Å². The van der Waals surface area contributed by atoms with Gasteiger partial charge in [0.1, 0.15) is 5.76 Å². The van der Waals surface area contributed by atoms with Crippen LogP contribution in [0.5, 0.6) is 0 Å². The number of aryl methyl sites for hydroxylation is 1. The van der Waals surface area contributed by atoms with E-state index in [1.807, 2.05) is 11.8 Å². The number of nitrogens with zero attached hydrogens (tertiary/aromatic N) is 1. The van der Waals surface area contributed by atoms with Crippen LogP contribution in [-0.4, -0.2) is 41.0 Å². The van der Waals surface area contributed by atoms with Crippen molar-refractivity contribution in [3.63, 3.8) is 0 Å². The molecule has 0 saturated carbocycles. The molecule has 1 aromatic heterocycles.